The first-order valence-corrected chi connectivity index (χ1v) is 12.1. The second kappa shape index (κ2) is 10.6. The minimum Gasteiger partial charge on any atom is -0.493 e. The first-order chi connectivity index (χ1) is 16.9. The van der Waals surface area contributed by atoms with Gasteiger partial charge < -0.3 is 10.0 Å². The highest BCUT2D eigenvalue weighted by Gasteiger charge is 2.33. The zero-order chi connectivity index (χ0) is 24.9. The zero-order valence-electron chi connectivity index (χ0n) is 20.1. The number of carbonyl (C=O) groups is 1. The summed E-state index contributed by atoms with van der Waals surface area (Å²) in [6.07, 6.45) is 2.97. The van der Waals surface area contributed by atoms with Crippen LogP contribution in [-0.2, 0) is 6.42 Å². The van der Waals surface area contributed by atoms with Gasteiger partial charge in [0, 0.05) is 25.4 Å². The van der Waals surface area contributed by atoms with E-state index in [1.54, 1.807) is 23.1 Å². The fraction of sp³-hybridized carbons (Fsp3) is 0.357. The van der Waals surface area contributed by atoms with Crippen LogP contribution in [0.15, 0.2) is 59.4 Å². The van der Waals surface area contributed by atoms with Gasteiger partial charge >= 0.3 is 0 Å². The topological polar surface area (TPSA) is 99.2 Å². The van der Waals surface area contributed by atoms with Crippen molar-refractivity contribution in [1.82, 2.24) is 14.5 Å². The van der Waals surface area contributed by atoms with Crippen molar-refractivity contribution in [2.75, 3.05) is 13.1 Å². The van der Waals surface area contributed by atoms with E-state index in [0.29, 0.717) is 30.9 Å². The van der Waals surface area contributed by atoms with Crippen LogP contribution in [0, 0.1) is 11.3 Å². The Hall–Kier alpha value is -3.92. The summed E-state index contributed by atoms with van der Waals surface area (Å²) in [7, 11) is 0. The summed E-state index contributed by atoms with van der Waals surface area (Å²) in [6.45, 7) is 4.88. The molecular weight excluding hydrogens is 440 g/mol. The standard InChI is InChI=1S/C28H30N4O3/c1-3-4-13-24-30-26(33)25(27(34)31-15-14-23(18-31)21-10-6-5-7-11-21)28(35)32(24)19(2)22-12-8-9-20(16-22)17-29/h5-12,16,19,23,33H,3-4,13-15,18H2,1-2H3/t19?,23-/m1/s1. The van der Waals surface area contributed by atoms with Crippen molar-refractivity contribution in [2.24, 2.45) is 0 Å². The Labute approximate surface area is 205 Å². The van der Waals surface area contributed by atoms with Crippen LogP contribution in [-0.4, -0.2) is 38.6 Å². The molecule has 0 radical (unpaired) electrons. The first kappa shape index (κ1) is 24.2. The van der Waals surface area contributed by atoms with Crippen molar-refractivity contribution in [3.05, 3.63) is 93.0 Å². The molecule has 2 heterocycles. The normalized spacial score (nSPS) is 16.1. The molecule has 1 fully saturated rings. The van der Waals surface area contributed by atoms with E-state index in [1.165, 1.54) is 4.57 Å². The van der Waals surface area contributed by atoms with Crippen LogP contribution in [0.1, 0.15) is 77.9 Å². The highest BCUT2D eigenvalue weighted by atomic mass is 16.3. The van der Waals surface area contributed by atoms with E-state index in [9.17, 15) is 20.0 Å². The molecule has 35 heavy (non-hydrogen) atoms. The highest BCUT2D eigenvalue weighted by molar-refractivity contribution is 5.96. The average molecular weight is 471 g/mol. The van der Waals surface area contributed by atoms with Gasteiger partial charge in [0.15, 0.2) is 5.56 Å². The lowest BCUT2D eigenvalue weighted by Gasteiger charge is -2.23. The molecule has 0 bridgehead atoms. The first-order valence-electron chi connectivity index (χ1n) is 12.1. The molecule has 7 nitrogen and oxygen atoms in total. The maximum absolute atomic E-state index is 13.7. The Morgan fingerprint density at radius 1 is 1.23 bits per heavy atom. The number of aromatic nitrogens is 2. The molecule has 1 unspecified atom stereocenters. The number of hydrogen-bond donors (Lipinski definition) is 1. The van der Waals surface area contributed by atoms with Gasteiger partial charge in [-0.1, -0.05) is 55.8 Å². The molecule has 0 saturated carbocycles. The van der Waals surface area contributed by atoms with Gasteiger partial charge in [-0.3, -0.25) is 14.2 Å². The maximum Gasteiger partial charge on any atom is 0.270 e. The maximum atomic E-state index is 13.7. The molecule has 1 aliphatic heterocycles. The van der Waals surface area contributed by atoms with E-state index in [-0.39, 0.29) is 11.5 Å². The summed E-state index contributed by atoms with van der Waals surface area (Å²) >= 11 is 0. The molecular formula is C28H30N4O3. The fourth-order valence-electron chi connectivity index (χ4n) is 4.78. The molecule has 2 atom stereocenters. The van der Waals surface area contributed by atoms with E-state index < -0.39 is 23.4 Å². The van der Waals surface area contributed by atoms with Crippen molar-refractivity contribution >= 4 is 5.91 Å². The number of benzene rings is 2. The van der Waals surface area contributed by atoms with Crippen molar-refractivity contribution in [3.63, 3.8) is 0 Å². The lowest BCUT2D eigenvalue weighted by molar-refractivity contribution is 0.0783. The third kappa shape index (κ3) is 4.97. The lowest BCUT2D eigenvalue weighted by atomic mass is 9.99. The second-order valence-electron chi connectivity index (χ2n) is 9.07. The van der Waals surface area contributed by atoms with Gasteiger partial charge in [-0.15, -0.1) is 0 Å². The number of likely N-dealkylation sites (tertiary alicyclic amines) is 1. The van der Waals surface area contributed by atoms with Crippen LogP contribution < -0.4 is 5.56 Å². The van der Waals surface area contributed by atoms with E-state index in [4.69, 9.17) is 0 Å². The van der Waals surface area contributed by atoms with Gasteiger partial charge in [-0.05, 0) is 43.0 Å². The van der Waals surface area contributed by atoms with Gasteiger partial charge in [0.25, 0.3) is 11.5 Å². The minimum atomic E-state index is -0.549. The molecule has 0 aliphatic carbocycles. The van der Waals surface area contributed by atoms with Gasteiger partial charge in [-0.25, -0.2) is 0 Å². The van der Waals surface area contributed by atoms with Gasteiger partial charge in [0.1, 0.15) is 5.82 Å². The molecule has 1 aromatic heterocycles. The monoisotopic (exact) mass is 470 g/mol. The number of aromatic hydroxyl groups is 1. The van der Waals surface area contributed by atoms with Crippen LogP contribution in [0.3, 0.4) is 0 Å². The Balaban J connectivity index is 1.72. The SMILES string of the molecule is CCCCc1nc(O)c(C(=O)N2CC[C@@H](c3ccccc3)C2)c(=O)n1C(C)c1cccc(C#N)c1. The van der Waals surface area contributed by atoms with E-state index in [1.807, 2.05) is 50.2 Å². The fourth-order valence-corrected chi connectivity index (χ4v) is 4.78. The Morgan fingerprint density at radius 3 is 2.71 bits per heavy atom. The number of rotatable bonds is 7. The number of carbonyl (C=O) groups excluding carboxylic acids is 1. The van der Waals surface area contributed by atoms with Gasteiger partial charge in [0.05, 0.1) is 17.7 Å². The van der Waals surface area contributed by atoms with Crippen molar-refractivity contribution in [1.29, 1.82) is 5.26 Å². The van der Waals surface area contributed by atoms with Gasteiger partial charge in [-0.2, -0.15) is 10.2 Å². The number of aryl methyl sites for hydroxylation is 1. The molecule has 1 N–H and O–H groups in total. The molecule has 1 saturated heterocycles. The summed E-state index contributed by atoms with van der Waals surface area (Å²) < 4.78 is 1.50. The number of amides is 1. The Kier molecular flexibility index (Phi) is 7.31. The zero-order valence-corrected chi connectivity index (χ0v) is 20.1. The largest absolute Gasteiger partial charge is 0.493 e. The minimum absolute atomic E-state index is 0.189. The molecule has 3 aromatic rings. The molecule has 4 rings (SSSR count). The van der Waals surface area contributed by atoms with E-state index in [0.717, 1.165) is 30.4 Å². The molecule has 2 aromatic carbocycles. The predicted octanol–water partition coefficient (Wildman–Crippen LogP) is 4.40. The number of hydrogen-bond acceptors (Lipinski definition) is 5. The highest BCUT2D eigenvalue weighted by Crippen LogP contribution is 2.29. The summed E-state index contributed by atoms with van der Waals surface area (Å²) in [6, 6.07) is 18.7. The molecule has 180 valence electrons. The predicted molar refractivity (Wildman–Crippen MR) is 133 cm³/mol. The Bertz CT molecular complexity index is 1310. The number of nitrogens with zero attached hydrogens (tertiary/aromatic N) is 4. The summed E-state index contributed by atoms with van der Waals surface area (Å²) in [5.41, 5.74) is 1.57. The quantitative estimate of drug-likeness (QED) is 0.552. The molecule has 0 spiro atoms. The third-order valence-corrected chi connectivity index (χ3v) is 6.77. The van der Waals surface area contributed by atoms with E-state index >= 15 is 0 Å². The summed E-state index contributed by atoms with van der Waals surface area (Å²) in [5, 5.41) is 20.0. The summed E-state index contributed by atoms with van der Waals surface area (Å²) in [4.78, 5) is 33.2. The van der Waals surface area contributed by atoms with Gasteiger partial charge in [0.2, 0.25) is 5.88 Å². The van der Waals surface area contributed by atoms with Crippen LogP contribution in [0.5, 0.6) is 5.88 Å². The van der Waals surface area contributed by atoms with Crippen molar-refractivity contribution in [2.45, 2.75) is 51.5 Å². The average Bonchev–Trinajstić information content (AvgIpc) is 3.38. The third-order valence-electron chi connectivity index (χ3n) is 6.77. The van der Waals surface area contributed by atoms with E-state index in [2.05, 4.69) is 11.1 Å². The number of nitriles is 1. The molecule has 7 heteroatoms. The lowest BCUT2D eigenvalue weighted by Crippen LogP contribution is -2.38. The summed E-state index contributed by atoms with van der Waals surface area (Å²) in [5.74, 6) is -0.381. The van der Waals surface area contributed by atoms with Crippen LogP contribution >= 0.6 is 0 Å². The molecule has 1 amide bonds. The second-order valence-corrected chi connectivity index (χ2v) is 9.07. The molecule has 1 aliphatic rings. The smallest absolute Gasteiger partial charge is 0.270 e. The van der Waals surface area contributed by atoms with Crippen molar-refractivity contribution < 1.29 is 9.90 Å². The Morgan fingerprint density at radius 2 is 2.00 bits per heavy atom. The van der Waals surface area contributed by atoms with Crippen LogP contribution in [0.25, 0.3) is 0 Å². The van der Waals surface area contributed by atoms with Crippen molar-refractivity contribution in [3.8, 4) is 11.9 Å². The number of unbranched alkanes of at least 4 members (excludes halogenated alkanes) is 1. The van der Waals surface area contributed by atoms with Crippen LogP contribution in [0.4, 0.5) is 0 Å². The van der Waals surface area contributed by atoms with Crippen LogP contribution in [0.2, 0.25) is 0 Å².